The summed E-state index contributed by atoms with van der Waals surface area (Å²) in [5.41, 5.74) is 0. The van der Waals surface area contributed by atoms with Gasteiger partial charge < -0.3 is 24.6 Å². The first-order valence-electron chi connectivity index (χ1n) is 8.81. The van der Waals surface area contributed by atoms with Crippen molar-refractivity contribution in [2.24, 2.45) is 0 Å². The zero-order valence-electron chi connectivity index (χ0n) is 14.0. The second-order valence-corrected chi connectivity index (χ2v) is 6.55. The van der Waals surface area contributed by atoms with E-state index in [-0.39, 0.29) is 18.2 Å². The summed E-state index contributed by atoms with van der Waals surface area (Å²) in [5, 5.41) is 14.0. The molecule has 4 rings (SSSR count). The molecular formula is C20H23NO4. The second kappa shape index (κ2) is 7.33. The summed E-state index contributed by atoms with van der Waals surface area (Å²) in [6, 6.07) is 17.3. The topological polar surface area (TPSA) is 60.0 Å². The molecule has 0 spiro atoms. The number of para-hydroxylation sites is 3. The Morgan fingerprint density at radius 2 is 1.76 bits per heavy atom. The van der Waals surface area contributed by atoms with Gasteiger partial charge in [-0.3, -0.25) is 0 Å². The first kappa shape index (κ1) is 16.2. The molecule has 1 saturated carbocycles. The van der Waals surface area contributed by atoms with Crippen molar-refractivity contribution in [2.75, 3.05) is 13.2 Å². The molecule has 2 aromatic carbocycles. The Bertz CT molecular complexity index is 693. The summed E-state index contributed by atoms with van der Waals surface area (Å²) in [6.07, 6.45) is 0.943. The van der Waals surface area contributed by atoms with Crippen LogP contribution in [0.5, 0.6) is 17.2 Å². The van der Waals surface area contributed by atoms with Crippen LogP contribution in [-0.2, 0) is 0 Å². The van der Waals surface area contributed by atoms with E-state index in [1.54, 1.807) is 0 Å². The average Bonchev–Trinajstić information content (AvgIpc) is 3.00. The van der Waals surface area contributed by atoms with E-state index in [1.807, 2.05) is 54.6 Å². The Labute approximate surface area is 147 Å². The lowest BCUT2D eigenvalue weighted by molar-refractivity contribution is 0.0385. The predicted octanol–water partition coefficient (Wildman–Crippen LogP) is 2.39. The largest absolute Gasteiger partial charge is 0.488 e. The average molecular weight is 341 g/mol. The Morgan fingerprint density at radius 3 is 2.60 bits per heavy atom. The van der Waals surface area contributed by atoms with Gasteiger partial charge in [-0.05, 0) is 37.1 Å². The summed E-state index contributed by atoms with van der Waals surface area (Å²) in [5.74, 6) is 2.36. The van der Waals surface area contributed by atoms with Gasteiger partial charge in [-0.25, -0.2) is 0 Å². The van der Waals surface area contributed by atoms with Crippen LogP contribution >= 0.6 is 0 Å². The van der Waals surface area contributed by atoms with Gasteiger partial charge in [-0.15, -0.1) is 0 Å². The first-order chi connectivity index (χ1) is 12.3. The molecule has 1 aliphatic carbocycles. The smallest absolute Gasteiger partial charge is 0.161 e. The van der Waals surface area contributed by atoms with Gasteiger partial charge in [-0.1, -0.05) is 30.3 Å². The number of ether oxygens (including phenoxy) is 3. The van der Waals surface area contributed by atoms with Crippen LogP contribution in [0.1, 0.15) is 12.8 Å². The van der Waals surface area contributed by atoms with Crippen LogP contribution < -0.4 is 19.5 Å². The van der Waals surface area contributed by atoms with E-state index in [2.05, 4.69) is 5.32 Å². The van der Waals surface area contributed by atoms with E-state index in [9.17, 15) is 5.11 Å². The van der Waals surface area contributed by atoms with Gasteiger partial charge in [0.15, 0.2) is 11.5 Å². The highest BCUT2D eigenvalue weighted by Crippen LogP contribution is 2.31. The molecule has 0 amide bonds. The molecule has 0 saturated heterocycles. The SMILES string of the molecule is O[C@H]1[C@@H](NC[C@H]2COc3ccccc3O2)CC[C@@H]1Oc1ccccc1. The van der Waals surface area contributed by atoms with E-state index in [0.717, 1.165) is 30.1 Å². The zero-order valence-corrected chi connectivity index (χ0v) is 14.0. The van der Waals surface area contributed by atoms with Crippen molar-refractivity contribution in [3.8, 4) is 17.2 Å². The summed E-state index contributed by atoms with van der Waals surface area (Å²) >= 11 is 0. The number of aliphatic hydroxyl groups is 1. The van der Waals surface area contributed by atoms with Crippen LogP contribution in [0.25, 0.3) is 0 Å². The van der Waals surface area contributed by atoms with E-state index < -0.39 is 6.10 Å². The Kier molecular flexibility index (Phi) is 4.76. The van der Waals surface area contributed by atoms with E-state index >= 15 is 0 Å². The number of fused-ring (bicyclic) bond motifs is 1. The van der Waals surface area contributed by atoms with Crippen LogP contribution in [0.2, 0.25) is 0 Å². The minimum absolute atomic E-state index is 0.00878. The third-order valence-corrected chi connectivity index (χ3v) is 4.76. The summed E-state index contributed by atoms with van der Waals surface area (Å²) in [4.78, 5) is 0. The Balaban J connectivity index is 1.28. The number of rotatable bonds is 5. The van der Waals surface area contributed by atoms with Gasteiger partial charge in [0.2, 0.25) is 0 Å². The molecule has 0 radical (unpaired) electrons. The van der Waals surface area contributed by atoms with Crippen molar-refractivity contribution in [1.82, 2.24) is 5.32 Å². The molecule has 0 unspecified atom stereocenters. The van der Waals surface area contributed by atoms with E-state index in [1.165, 1.54) is 0 Å². The Morgan fingerprint density at radius 1 is 1.00 bits per heavy atom. The van der Waals surface area contributed by atoms with E-state index in [4.69, 9.17) is 14.2 Å². The van der Waals surface area contributed by atoms with Crippen molar-refractivity contribution in [1.29, 1.82) is 0 Å². The van der Waals surface area contributed by atoms with Crippen LogP contribution in [0.3, 0.4) is 0 Å². The lowest BCUT2D eigenvalue weighted by atomic mass is 10.2. The summed E-state index contributed by atoms with van der Waals surface area (Å²) in [6.45, 7) is 1.14. The van der Waals surface area contributed by atoms with Crippen molar-refractivity contribution in [3.05, 3.63) is 54.6 Å². The van der Waals surface area contributed by atoms with Gasteiger partial charge in [-0.2, -0.15) is 0 Å². The standard InChI is InChI=1S/C20H23NO4/c22-20-16(10-11-19(20)24-14-6-2-1-3-7-14)21-12-15-13-23-17-8-4-5-9-18(17)25-15/h1-9,15-16,19-22H,10-13H2/t15-,16-,19-,20-/m0/s1. The molecule has 0 aromatic heterocycles. The lowest BCUT2D eigenvalue weighted by Crippen LogP contribution is -2.47. The third-order valence-electron chi connectivity index (χ3n) is 4.76. The highest BCUT2D eigenvalue weighted by atomic mass is 16.6. The number of hydrogen-bond donors (Lipinski definition) is 2. The molecule has 0 bridgehead atoms. The molecular weight excluding hydrogens is 318 g/mol. The third kappa shape index (κ3) is 3.72. The maximum Gasteiger partial charge on any atom is 0.161 e. The van der Waals surface area contributed by atoms with Gasteiger partial charge in [0.25, 0.3) is 0 Å². The molecule has 1 heterocycles. The first-order valence-corrected chi connectivity index (χ1v) is 8.81. The van der Waals surface area contributed by atoms with Gasteiger partial charge >= 0.3 is 0 Å². The minimum atomic E-state index is -0.531. The van der Waals surface area contributed by atoms with Crippen LogP contribution in [-0.4, -0.2) is 42.6 Å². The van der Waals surface area contributed by atoms with Crippen LogP contribution in [0, 0.1) is 0 Å². The molecule has 2 N–H and O–H groups in total. The summed E-state index contributed by atoms with van der Waals surface area (Å²) in [7, 11) is 0. The molecule has 2 aliphatic rings. The number of nitrogens with one attached hydrogen (secondary N) is 1. The molecule has 5 heteroatoms. The van der Waals surface area contributed by atoms with Crippen molar-refractivity contribution < 1.29 is 19.3 Å². The molecule has 25 heavy (non-hydrogen) atoms. The van der Waals surface area contributed by atoms with Gasteiger partial charge in [0.1, 0.15) is 30.7 Å². The van der Waals surface area contributed by atoms with E-state index in [0.29, 0.717) is 13.2 Å². The highest BCUT2D eigenvalue weighted by Gasteiger charge is 2.36. The minimum Gasteiger partial charge on any atom is -0.488 e. The molecule has 5 nitrogen and oxygen atoms in total. The van der Waals surface area contributed by atoms with Gasteiger partial charge in [0.05, 0.1) is 0 Å². The second-order valence-electron chi connectivity index (χ2n) is 6.55. The zero-order chi connectivity index (χ0) is 17.1. The maximum atomic E-state index is 10.5. The Hall–Kier alpha value is -2.24. The molecule has 2 aromatic rings. The van der Waals surface area contributed by atoms with Crippen molar-refractivity contribution in [3.63, 3.8) is 0 Å². The van der Waals surface area contributed by atoms with Crippen molar-refractivity contribution >= 4 is 0 Å². The summed E-state index contributed by atoms with van der Waals surface area (Å²) < 4.78 is 17.6. The lowest BCUT2D eigenvalue weighted by Gasteiger charge is -2.28. The van der Waals surface area contributed by atoms with Crippen molar-refractivity contribution in [2.45, 2.75) is 37.2 Å². The normalized spacial score (nSPS) is 27.9. The number of aliphatic hydroxyl groups excluding tert-OH is 1. The number of hydrogen-bond acceptors (Lipinski definition) is 5. The predicted molar refractivity (Wildman–Crippen MR) is 94.2 cm³/mol. The fraction of sp³-hybridized carbons (Fsp3) is 0.400. The van der Waals surface area contributed by atoms with Crippen LogP contribution in [0.15, 0.2) is 54.6 Å². The highest BCUT2D eigenvalue weighted by molar-refractivity contribution is 5.40. The molecule has 4 atom stereocenters. The molecule has 1 aliphatic heterocycles. The van der Waals surface area contributed by atoms with Crippen LogP contribution in [0.4, 0.5) is 0 Å². The fourth-order valence-electron chi connectivity index (χ4n) is 3.42. The fourth-order valence-corrected chi connectivity index (χ4v) is 3.42. The molecule has 1 fully saturated rings. The monoisotopic (exact) mass is 341 g/mol. The van der Waals surface area contributed by atoms with Gasteiger partial charge in [0, 0.05) is 12.6 Å². The quantitative estimate of drug-likeness (QED) is 0.874. The maximum absolute atomic E-state index is 10.5. The number of benzene rings is 2. The molecule has 132 valence electrons.